The maximum absolute atomic E-state index is 13.3. The van der Waals surface area contributed by atoms with Gasteiger partial charge in [-0.2, -0.15) is 23.3 Å². The van der Waals surface area contributed by atoms with E-state index in [0.717, 1.165) is 0 Å². The lowest BCUT2D eigenvalue weighted by molar-refractivity contribution is -0.302. The van der Waals surface area contributed by atoms with Crippen LogP contribution in [0.3, 0.4) is 0 Å². The van der Waals surface area contributed by atoms with Gasteiger partial charge in [-0.1, -0.05) is 12.1 Å². The molecule has 1 amide bonds. The van der Waals surface area contributed by atoms with E-state index in [2.05, 4.69) is 5.10 Å². The van der Waals surface area contributed by atoms with E-state index in [1.54, 1.807) is 18.2 Å². The number of rotatable bonds is 3. The highest BCUT2D eigenvalue weighted by molar-refractivity contribution is 6.04. The number of hydrogen-bond acceptors (Lipinski definition) is 4. The van der Waals surface area contributed by atoms with Gasteiger partial charge < -0.3 is 9.84 Å². The minimum Gasteiger partial charge on any atom is -0.497 e. The van der Waals surface area contributed by atoms with Crippen molar-refractivity contribution in [3.63, 3.8) is 0 Å². The van der Waals surface area contributed by atoms with Crippen molar-refractivity contribution in [1.82, 2.24) is 5.01 Å². The molecule has 3 rings (SSSR count). The molecular formula is C15H15F3N2O3. The fourth-order valence-electron chi connectivity index (χ4n) is 2.46. The molecule has 1 aliphatic carbocycles. The van der Waals surface area contributed by atoms with Crippen LogP contribution >= 0.6 is 0 Å². The Hall–Kier alpha value is -2.09. The minimum absolute atomic E-state index is 0.00211. The molecule has 1 N–H and O–H groups in total. The third-order valence-corrected chi connectivity index (χ3v) is 3.98. The number of ether oxygens (including phenoxy) is 1. The molecule has 0 radical (unpaired) electrons. The van der Waals surface area contributed by atoms with Crippen molar-refractivity contribution < 1.29 is 27.8 Å². The number of benzene rings is 1. The molecule has 0 bridgehead atoms. The van der Waals surface area contributed by atoms with Crippen LogP contribution in [0.4, 0.5) is 13.2 Å². The van der Waals surface area contributed by atoms with Gasteiger partial charge in [0.05, 0.1) is 19.2 Å². The first-order chi connectivity index (χ1) is 10.8. The van der Waals surface area contributed by atoms with E-state index in [0.29, 0.717) is 24.2 Å². The van der Waals surface area contributed by atoms with Crippen LogP contribution in [0.1, 0.15) is 24.8 Å². The molecule has 1 aromatic rings. The van der Waals surface area contributed by atoms with E-state index in [9.17, 15) is 23.1 Å². The number of aliphatic hydroxyl groups is 1. The first kappa shape index (κ1) is 15.8. The monoisotopic (exact) mass is 328 g/mol. The van der Waals surface area contributed by atoms with Crippen LogP contribution in [0.25, 0.3) is 0 Å². The number of carbonyl (C=O) groups excluding carboxylic acids is 1. The molecule has 0 aromatic heterocycles. The first-order valence-electron chi connectivity index (χ1n) is 7.11. The summed E-state index contributed by atoms with van der Waals surface area (Å²) in [7, 11) is 1.44. The molecule has 1 atom stereocenters. The molecule has 23 heavy (non-hydrogen) atoms. The predicted molar refractivity (Wildman–Crippen MR) is 74.7 cm³/mol. The third kappa shape index (κ3) is 2.67. The second kappa shape index (κ2) is 5.23. The van der Waals surface area contributed by atoms with Crippen molar-refractivity contribution in [2.24, 2.45) is 11.0 Å². The number of hydrazone groups is 1. The van der Waals surface area contributed by atoms with Gasteiger partial charge in [0, 0.05) is 11.5 Å². The summed E-state index contributed by atoms with van der Waals surface area (Å²) in [6.07, 6.45) is -4.76. The summed E-state index contributed by atoms with van der Waals surface area (Å²) in [6, 6.07) is 6.32. The van der Waals surface area contributed by atoms with Gasteiger partial charge in [-0.3, -0.25) is 4.79 Å². The zero-order valence-electron chi connectivity index (χ0n) is 12.3. The number of alkyl halides is 3. The number of methoxy groups -OCH3 is 1. The summed E-state index contributed by atoms with van der Waals surface area (Å²) in [5, 5.41) is 14.1. The Morgan fingerprint density at radius 2 is 2.13 bits per heavy atom. The Kier molecular flexibility index (Phi) is 3.59. The summed E-state index contributed by atoms with van der Waals surface area (Å²) >= 11 is 0. The SMILES string of the molecule is COc1cccc(C2=NN(C(=O)C3CC3)[C@](O)(C(F)(F)F)C2)c1. The summed E-state index contributed by atoms with van der Waals surface area (Å²) in [5.74, 6) is -0.826. The molecular weight excluding hydrogens is 313 g/mol. The predicted octanol–water partition coefficient (Wildman–Crippen LogP) is 2.29. The van der Waals surface area contributed by atoms with Gasteiger partial charge in [0.1, 0.15) is 5.75 Å². The molecule has 1 heterocycles. The van der Waals surface area contributed by atoms with Crippen LogP contribution in [-0.4, -0.2) is 40.7 Å². The smallest absolute Gasteiger partial charge is 0.438 e. The standard InChI is InChI=1S/C15H15F3N2O3/c1-23-11-4-2-3-10(7-11)12-8-14(22,15(16,17)18)20(19-12)13(21)9-5-6-9/h2-4,7,9,22H,5-6,8H2,1H3/t14-/m1/s1. The molecule has 8 heteroatoms. The highest BCUT2D eigenvalue weighted by atomic mass is 19.4. The molecule has 0 unspecified atom stereocenters. The fraction of sp³-hybridized carbons (Fsp3) is 0.467. The molecule has 1 aromatic carbocycles. The second-order valence-corrected chi connectivity index (χ2v) is 5.69. The van der Waals surface area contributed by atoms with Crippen LogP contribution in [0.2, 0.25) is 0 Å². The maximum atomic E-state index is 13.3. The van der Waals surface area contributed by atoms with Crippen molar-refractivity contribution in [3.8, 4) is 5.75 Å². The van der Waals surface area contributed by atoms with E-state index in [-0.39, 0.29) is 10.7 Å². The van der Waals surface area contributed by atoms with Gasteiger partial charge in [-0.05, 0) is 25.0 Å². The van der Waals surface area contributed by atoms with Crippen LogP contribution in [0, 0.1) is 5.92 Å². The third-order valence-electron chi connectivity index (χ3n) is 3.98. The second-order valence-electron chi connectivity index (χ2n) is 5.69. The Bertz CT molecular complexity index is 670. The van der Waals surface area contributed by atoms with Crippen LogP contribution in [0.15, 0.2) is 29.4 Å². The van der Waals surface area contributed by atoms with E-state index < -0.39 is 30.1 Å². The van der Waals surface area contributed by atoms with Crippen molar-refractivity contribution in [2.45, 2.75) is 31.2 Å². The van der Waals surface area contributed by atoms with Crippen LogP contribution < -0.4 is 4.74 Å². The van der Waals surface area contributed by atoms with E-state index in [1.807, 2.05) is 0 Å². The Balaban J connectivity index is 1.99. The van der Waals surface area contributed by atoms with E-state index in [4.69, 9.17) is 4.74 Å². The van der Waals surface area contributed by atoms with Crippen molar-refractivity contribution in [1.29, 1.82) is 0 Å². The molecule has 0 spiro atoms. The first-order valence-corrected chi connectivity index (χ1v) is 7.11. The van der Waals surface area contributed by atoms with Gasteiger partial charge >= 0.3 is 6.18 Å². The van der Waals surface area contributed by atoms with Crippen LogP contribution in [-0.2, 0) is 4.79 Å². The number of amides is 1. The molecule has 124 valence electrons. The summed E-state index contributed by atoms with van der Waals surface area (Å²) < 4.78 is 45.0. The fourth-order valence-corrected chi connectivity index (χ4v) is 2.46. The van der Waals surface area contributed by atoms with Gasteiger partial charge in [-0.25, -0.2) is 0 Å². The summed E-state index contributed by atoms with van der Waals surface area (Å²) in [6.45, 7) is 0. The number of carbonyl (C=O) groups is 1. The van der Waals surface area contributed by atoms with E-state index in [1.165, 1.54) is 13.2 Å². The molecule has 1 aliphatic heterocycles. The molecule has 1 saturated carbocycles. The normalized spacial score (nSPS) is 24.6. The minimum atomic E-state index is -5.00. The van der Waals surface area contributed by atoms with Gasteiger partial charge in [0.15, 0.2) is 0 Å². The number of halogens is 3. The maximum Gasteiger partial charge on any atom is 0.438 e. The molecule has 1 fully saturated rings. The van der Waals surface area contributed by atoms with E-state index >= 15 is 0 Å². The van der Waals surface area contributed by atoms with Crippen molar-refractivity contribution >= 4 is 11.6 Å². The molecule has 2 aliphatic rings. The molecule has 5 nitrogen and oxygen atoms in total. The topological polar surface area (TPSA) is 62.1 Å². The highest BCUT2D eigenvalue weighted by Gasteiger charge is 2.64. The lowest BCUT2D eigenvalue weighted by Gasteiger charge is -2.32. The molecule has 0 saturated heterocycles. The highest BCUT2D eigenvalue weighted by Crippen LogP contribution is 2.44. The average molecular weight is 328 g/mol. The van der Waals surface area contributed by atoms with Crippen molar-refractivity contribution in [3.05, 3.63) is 29.8 Å². The quantitative estimate of drug-likeness (QED) is 0.926. The zero-order valence-corrected chi connectivity index (χ0v) is 12.3. The van der Waals surface area contributed by atoms with Gasteiger partial charge in [0.2, 0.25) is 5.91 Å². The largest absolute Gasteiger partial charge is 0.497 e. The van der Waals surface area contributed by atoms with Crippen molar-refractivity contribution in [2.75, 3.05) is 7.11 Å². The number of hydrogen-bond donors (Lipinski definition) is 1. The lowest BCUT2D eigenvalue weighted by atomic mass is 10.0. The Labute approximate surface area is 130 Å². The summed E-state index contributed by atoms with van der Waals surface area (Å²) in [5.41, 5.74) is -2.93. The summed E-state index contributed by atoms with van der Waals surface area (Å²) in [4.78, 5) is 12.1. The van der Waals surface area contributed by atoms with Gasteiger partial charge in [-0.15, -0.1) is 0 Å². The Morgan fingerprint density at radius 3 is 2.70 bits per heavy atom. The van der Waals surface area contributed by atoms with Gasteiger partial charge in [0.25, 0.3) is 5.72 Å². The average Bonchev–Trinajstić information content (AvgIpc) is 3.28. The zero-order chi connectivity index (χ0) is 16.8. The Morgan fingerprint density at radius 1 is 1.43 bits per heavy atom. The lowest BCUT2D eigenvalue weighted by Crippen LogP contribution is -2.57. The number of nitrogens with zero attached hydrogens (tertiary/aromatic N) is 2. The van der Waals surface area contributed by atoms with Crippen LogP contribution in [0.5, 0.6) is 5.75 Å².